The van der Waals surface area contributed by atoms with Crippen molar-refractivity contribution >= 4 is 30.7 Å². The SMILES string of the molecule is COc1ccccc1C1CNCCN1C(=O)CCc1nc(-c2ccncc2)no1.Cl.Cl. The van der Waals surface area contributed by atoms with E-state index in [1.165, 1.54) is 0 Å². The second-order valence-corrected chi connectivity index (χ2v) is 6.80. The summed E-state index contributed by atoms with van der Waals surface area (Å²) in [5.41, 5.74) is 1.84. The third-order valence-electron chi connectivity index (χ3n) is 5.02. The van der Waals surface area contributed by atoms with E-state index in [0.717, 1.165) is 23.4 Å². The lowest BCUT2D eigenvalue weighted by Crippen LogP contribution is -2.48. The number of nitrogens with one attached hydrogen (secondary N) is 1. The number of halogens is 2. The molecule has 4 rings (SSSR count). The summed E-state index contributed by atoms with van der Waals surface area (Å²) in [6.07, 6.45) is 4.07. The zero-order valence-electron chi connectivity index (χ0n) is 17.1. The minimum Gasteiger partial charge on any atom is -0.496 e. The molecule has 8 nitrogen and oxygen atoms in total. The van der Waals surface area contributed by atoms with Crippen molar-refractivity contribution in [2.75, 3.05) is 26.7 Å². The summed E-state index contributed by atoms with van der Waals surface area (Å²) in [5.74, 6) is 1.81. The first kappa shape index (κ1) is 24.6. The van der Waals surface area contributed by atoms with Crippen LogP contribution in [-0.4, -0.2) is 52.7 Å². The fourth-order valence-corrected chi connectivity index (χ4v) is 3.55. The Morgan fingerprint density at radius 2 is 2.00 bits per heavy atom. The first-order chi connectivity index (χ1) is 14.3. The fraction of sp³-hybridized carbons (Fsp3) is 0.333. The molecule has 10 heteroatoms. The molecule has 3 heterocycles. The summed E-state index contributed by atoms with van der Waals surface area (Å²) >= 11 is 0. The van der Waals surface area contributed by atoms with E-state index in [9.17, 15) is 4.79 Å². The highest BCUT2D eigenvalue weighted by molar-refractivity contribution is 5.85. The minimum atomic E-state index is -0.0672. The summed E-state index contributed by atoms with van der Waals surface area (Å²) in [5, 5.41) is 7.37. The van der Waals surface area contributed by atoms with Gasteiger partial charge in [0.25, 0.3) is 0 Å². The van der Waals surface area contributed by atoms with E-state index in [1.807, 2.05) is 41.3 Å². The number of benzene rings is 1. The number of carbonyl (C=O) groups excluding carboxylic acids is 1. The zero-order valence-corrected chi connectivity index (χ0v) is 18.7. The van der Waals surface area contributed by atoms with Crippen LogP contribution in [0, 0.1) is 0 Å². The van der Waals surface area contributed by atoms with Crippen LogP contribution >= 0.6 is 24.8 Å². The Morgan fingerprint density at radius 1 is 1.23 bits per heavy atom. The van der Waals surface area contributed by atoms with Gasteiger partial charge in [-0.15, -0.1) is 24.8 Å². The Kier molecular flexibility index (Phi) is 9.23. The third kappa shape index (κ3) is 5.72. The van der Waals surface area contributed by atoms with E-state index in [1.54, 1.807) is 19.5 Å². The molecule has 0 radical (unpaired) electrons. The largest absolute Gasteiger partial charge is 0.496 e. The lowest BCUT2D eigenvalue weighted by Gasteiger charge is -2.37. The lowest BCUT2D eigenvalue weighted by atomic mass is 10.0. The van der Waals surface area contributed by atoms with Gasteiger partial charge in [-0.25, -0.2) is 0 Å². The number of aromatic nitrogens is 3. The minimum absolute atomic E-state index is 0. The van der Waals surface area contributed by atoms with E-state index < -0.39 is 0 Å². The predicted molar refractivity (Wildman–Crippen MR) is 121 cm³/mol. The highest BCUT2D eigenvalue weighted by Gasteiger charge is 2.29. The standard InChI is InChI=1S/C21H23N5O3.2ClH/c1-28-18-5-3-2-4-16(18)17-14-23-12-13-26(17)20(27)7-6-19-24-21(25-29-19)15-8-10-22-11-9-15;;/h2-5,8-11,17,23H,6-7,12-14H2,1H3;2*1H. The number of nitrogens with zero attached hydrogens (tertiary/aromatic N) is 4. The van der Waals surface area contributed by atoms with Crippen molar-refractivity contribution in [3.8, 4) is 17.1 Å². The number of rotatable bonds is 6. The molecule has 1 N–H and O–H groups in total. The molecule has 1 aliphatic rings. The Hall–Kier alpha value is -2.68. The molecule has 3 aromatic rings. The van der Waals surface area contributed by atoms with Crippen LogP contribution in [0.2, 0.25) is 0 Å². The highest BCUT2D eigenvalue weighted by Crippen LogP contribution is 2.30. The lowest BCUT2D eigenvalue weighted by molar-refractivity contribution is -0.134. The second-order valence-electron chi connectivity index (χ2n) is 6.80. The Bertz CT molecular complexity index is 970. The maximum atomic E-state index is 13.0. The number of para-hydroxylation sites is 1. The number of aryl methyl sites for hydroxylation is 1. The van der Waals surface area contributed by atoms with Crippen molar-refractivity contribution in [3.63, 3.8) is 0 Å². The smallest absolute Gasteiger partial charge is 0.227 e. The molecule has 31 heavy (non-hydrogen) atoms. The Balaban J connectivity index is 0.00000171. The maximum absolute atomic E-state index is 13.0. The molecule has 1 atom stereocenters. The van der Waals surface area contributed by atoms with Gasteiger partial charge >= 0.3 is 0 Å². The van der Waals surface area contributed by atoms with Crippen LogP contribution in [0.5, 0.6) is 5.75 Å². The molecule has 1 saturated heterocycles. The van der Waals surface area contributed by atoms with Gasteiger partial charge in [-0.2, -0.15) is 4.98 Å². The molecule has 0 aliphatic carbocycles. The van der Waals surface area contributed by atoms with Crippen molar-refractivity contribution in [2.24, 2.45) is 0 Å². The molecule has 0 spiro atoms. The Labute approximate surface area is 193 Å². The van der Waals surface area contributed by atoms with Gasteiger partial charge in [-0.05, 0) is 18.2 Å². The number of hydrogen-bond acceptors (Lipinski definition) is 7. The predicted octanol–water partition coefficient (Wildman–Crippen LogP) is 3.09. The first-order valence-electron chi connectivity index (χ1n) is 9.62. The zero-order chi connectivity index (χ0) is 20.1. The van der Waals surface area contributed by atoms with E-state index in [-0.39, 0.29) is 36.8 Å². The summed E-state index contributed by atoms with van der Waals surface area (Å²) < 4.78 is 10.8. The molecule has 166 valence electrons. The van der Waals surface area contributed by atoms with Crippen LogP contribution in [0.3, 0.4) is 0 Å². The molecule has 1 fully saturated rings. The summed E-state index contributed by atoms with van der Waals surface area (Å²) in [7, 11) is 1.65. The molecule has 1 amide bonds. The average Bonchev–Trinajstić information content (AvgIpc) is 3.27. The van der Waals surface area contributed by atoms with Crippen molar-refractivity contribution < 1.29 is 14.1 Å². The number of pyridine rings is 1. The van der Waals surface area contributed by atoms with E-state index >= 15 is 0 Å². The van der Waals surface area contributed by atoms with Gasteiger partial charge < -0.3 is 19.5 Å². The number of amides is 1. The first-order valence-corrected chi connectivity index (χ1v) is 9.62. The van der Waals surface area contributed by atoms with Crippen LogP contribution in [-0.2, 0) is 11.2 Å². The van der Waals surface area contributed by atoms with Crippen molar-refractivity contribution in [1.29, 1.82) is 0 Å². The van der Waals surface area contributed by atoms with Crippen LogP contribution in [0.1, 0.15) is 23.9 Å². The van der Waals surface area contributed by atoms with Crippen LogP contribution in [0.25, 0.3) is 11.4 Å². The molecule has 2 aromatic heterocycles. The molecule has 0 bridgehead atoms. The number of hydrogen-bond donors (Lipinski definition) is 1. The maximum Gasteiger partial charge on any atom is 0.227 e. The van der Waals surface area contributed by atoms with E-state index in [4.69, 9.17) is 9.26 Å². The van der Waals surface area contributed by atoms with Crippen molar-refractivity contribution in [2.45, 2.75) is 18.9 Å². The number of piperazine rings is 1. The van der Waals surface area contributed by atoms with E-state index in [2.05, 4.69) is 20.4 Å². The number of carbonyl (C=O) groups is 1. The number of methoxy groups -OCH3 is 1. The fourth-order valence-electron chi connectivity index (χ4n) is 3.55. The summed E-state index contributed by atoms with van der Waals surface area (Å²) in [6.45, 7) is 2.11. The molecule has 1 aromatic carbocycles. The third-order valence-corrected chi connectivity index (χ3v) is 5.02. The van der Waals surface area contributed by atoms with Gasteiger partial charge in [-0.3, -0.25) is 9.78 Å². The second kappa shape index (κ2) is 11.6. The molecule has 0 saturated carbocycles. The molecular formula is C21H25Cl2N5O3. The molecular weight excluding hydrogens is 441 g/mol. The summed E-state index contributed by atoms with van der Waals surface area (Å²) in [6, 6.07) is 11.4. The average molecular weight is 466 g/mol. The van der Waals surface area contributed by atoms with Gasteiger partial charge in [-0.1, -0.05) is 23.4 Å². The van der Waals surface area contributed by atoms with Crippen molar-refractivity contribution in [3.05, 3.63) is 60.2 Å². The normalized spacial score (nSPS) is 15.5. The summed E-state index contributed by atoms with van der Waals surface area (Å²) in [4.78, 5) is 23.3. The quantitative estimate of drug-likeness (QED) is 0.597. The molecule has 1 unspecified atom stereocenters. The monoisotopic (exact) mass is 465 g/mol. The highest BCUT2D eigenvalue weighted by atomic mass is 35.5. The van der Waals surface area contributed by atoms with Gasteiger partial charge in [0.2, 0.25) is 17.6 Å². The van der Waals surface area contributed by atoms with Crippen LogP contribution < -0.4 is 10.1 Å². The van der Waals surface area contributed by atoms with E-state index in [0.29, 0.717) is 37.6 Å². The van der Waals surface area contributed by atoms with Crippen LogP contribution in [0.15, 0.2) is 53.3 Å². The molecule has 1 aliphatic heterocycles. The topological polar surface area (TPSA) is 93.4 Å². The number of ether oxygens (including phenoxy) is 1. The van der Waals surface area contributed by atoms with Gasteiger partial charge in [0.15, 0.2) is 0 Å². The van der Waals surface area contributed by atoms with Gasteiger partial charge in [0.05, 0.1) is 13.2 Å². The Morgan fingerprint density at radius 3 is 2.77 bits per heavy atom. The van der Waals surface area contributed by atoms with Crippen molar-refractivity contribution in [1.82, 2.24) is 25.3 Å². The van der Waals surface area contributed by atoms with Crippen LogP contribution in [0.4, 0.5) is 0 Å². The van der Waals surface area contributed by atoms with Gasteiger partial charge in [0.1, 0.15) is 5.75 Å². The van der Waals surface area contributed by atoms with Gasteiger partial charge in [0, 0.05) is 56.0 Å².